The third-order valence-electron chi connectivity index (χ3n) is 4.80. The van der Waals surface area contributed by atoms with Gasteiger partial charge in [0.15, 0.2) is 0 Å². The van der Waals surface area contributed by atoms with Crippen LogP contribution in [0.3, 0.4) is 0 Å². The molecule has 9 nitrogen and oxygen atoms in total. The molecule has 0 saturated heterocycles. The molecule has 0 unspecified atom stereocenters. The molecule has 3 aromatic heterocycles. The first-order valence-electron chi connectivity index (χ1n) is 10.7. The van der Waals surface area contributed by atoms with Crippen molar-refractivity contribution < 1.29 is 14.7 Å². The molecule has 2 N–H and O–H groups in total. The minimum atomic E-state index is -0.108. The number of anilines is 1. The van der Waals surface area contributed by atoms with Crippen molar-refractivity contribution in [3.05, 3.63) is 62.0 Å². The average molecular weight is 515 g/mol. The van der Waals surface area contributed by atoms with E-state index < -0.39 is 0 Å². The lowest BCUT2D eigenvalue weighted by Crippen LogP contribution is -2.14. The molecule has 0 bridgehead atoms. The van der Waals surface area contributed by atoms with Gasteiger partial charge in [0.2, 0.25) is 11.0 Å². The SMILES string of the molecule is O=C(Cc1nnc(CCCCc2nnc(NC(=O)Cc3ccccc3)s2)s1)Cc1nscc1O. The first-order valence-corrected chi connectivity index (χ1v) is 13.1. The quantitative estimate of drug-likeness (QED) is 0.274. The van der Waals surface area contributed by atoms with Gasteiger partial charge < -0.3 is 10.4 Å². The molecule has 3 heterocycles. The number of aromatic nitrogens is 5. The summed E-state index contributed by atoms with van der Waals surface area (Å²) in [6.07, 6.45) is 3.96. The summed E-state index contributed by atoms with van der Waals surface area (Å²) < 4.78 is 4.02. The van der Waals surface area contributed by atoms with E-state index in [4.69, 9.17) is 0 Å². The van der Waals surface area contributed by atoms with E-state index in [1.807, 2.05) is 30.3 Å². The lowest BCUT2D eigenvalue weighted by molar-refractivity contribution is -0.118. The number of Topliss-reactive ketones (excluding diaryl/α,β-unsaturated/α-hetero) is 1. The van der Waals surface area contributed by atoms with Crippen molar-refractivity contribution in [1.82, 2.24) is 24.8 Å². The largest absolute Gasteiger partial charge is 0.505 e. The van der Waals surface area contributed by atoms with E-state index >= 15 is 0 Å². The number of benzene rings is 1. The molecule has 176 valence electrons. The third-order valence-corrected chi connectivity index (χ3v) is 7.33. The number of carbonyl (C=O) groups is 2. The Bertz CT molecular complexity index is 1240. The minimum Gasteiger partial charge on any atom is -0.505 e. The lowest BCUT2D eigenvalue weighted by atomic mass is 10.1. The standard InChI is InChI=1S/C22H22N6O3S3/c29-15(11-16-17(30)13-32-28-16)12-21-26-24-19(33-21)8-4-5-9-20-25-27-22(34-20)23-18(31)10-14-6-2-1-3-7-14/h1-3,6-7,13,30H,4-5,8-12H2,(H,23,27,31). The van der Waals surface area contributed by atoms with Gasteiger partial charge in [-0.2, -0.15) is 4.37 Å². The summed E-state index contributed by atoms with van der Waals surface area (Å²) in [5.74, 6) is -0.0944. The van der Waals surface area contributed by atoms with Gasteiger partial charge in [0.05, 0.1) is 24.6 Å². The normalized spacial score (nSPS) is 10.9. The maximum absolute atomic E-state index is 12.2. The number of hydrogen-bond acceptors (Lipinski definition) is 11. The van der Waals surface area contributed by atoms with Crippen LogP contribution in [0.5, 0.6) is 5.75 Å². The van der Waals surface area contributed by atoms with Crippen molar-refractivity contribution in [3.63, 3.8) is 0 Å². The second kappa shape index (κ2) is 11.9. The topological polar surface area (TPSA) is 131 Å². The molecule has 0 spiro atoms. The second-order valence-corrected chi connectivity index (χ2v) is 10.4. The highest BCUT2D eigenvalue weighted by Crippen LogP contribution is 2.21. The molecule has 0 aliphatic heterocycles. The Morgan fingerprint density at radius 2 is 1.56 bits per heavy atom. The summed E-state index contributed by atoms with van der Waals surface area (Å²) in [7, 11) is 0. The molecule has 0 atom stereocenters. The number of amides is 1. The van der Waals surface area contributed by atoms with Crippen molar-refractivity contribution in [2.24, 2.45) is 0 Å². The lowest BCUT2D eigenvalue weighted by Gasteiger charge is -2.00. The molecule has 0 aliphatic rings. The number of nitrogens with one attached hydrogen (secondary N) is 1. The van der Waals surface area contributed by atoms with E-state index in [1.54, 1.807) is 0 Å². The highest BCUT2D eigenvalue weighted by atomic mass is 32.1. The number of ketones is 1. The number of unbranched alkanes of at least 4 members (excludes halogenated alkanes) is 1. The Balaban J connectivity index is 1.15. The number of aryl methyl sites for hydroxylation is 2. The summed E-state index contributed by atoms with van der Waals surface area (Å²) in [6, 6.07) is 9.56. The fraction of sp³-hybridized carbons (Fsp3) is 0.318. The van der Waals surface area contributed by atoms with E-state index in [-0.39, 0.29) is 30.3 Å². The number of rotatable bonds is 12. The summed E-state index contributed by atoms with van der Waals surface area (Å²) in [6.45, 7) is 0. The van der Waals surface area contributed by atoms with E-state index in [9.17, 15) is 14.7 Å². The van der Waals surface area contributed by atoms with Crippen LogP contribution < -0.4 is 5.32 Å². The predicted octanol–water partition coefficient (Wildman–Crippen LogP) is 3.65. The number of carbonyl (C=O) groups excluding carboxylic acids is 2. The first-order chi connectivity index (χ1) is 16.5. The predicted molar refractivity (Wildman–Crippen MR) is 131 cm³/mol. The second-order valence-electron chi connectivity index (χ2n) is 7.55. The Morgan fingerprint density at radius 3 is 2.29 bits per heavy atom. The van der Waals surface area contributed by atoms with E-state index in [1.165, 1.54) is 28.1 Å². The van der Waals surface area contributed by atoms with Crippen LogP contribution in [0.25, 0.3) is 0 Å². The van der Waals surface area contributed by atoms with Gasteiger partial charge in [0.1, 0.15) is 32.2 Å². The summed E-state index contributed by atoms with van der Waals surface area (Å²) in [5, 5.41) is 33.4. The van der Waals surface area contributed by atoms with Gasteiger partial charge in [-0.15, -0.1) is 31.7 Å². The number of nitrogens with zero attached hydrogens (tertiary/aromatic N) is 5. The molecule has 1 aromatic carbocycles. The molecule has 0 fully saturated rings. The molecular weight excluding hydrogens is 492 g/mol. The van der Waals surface area contributed by atoms with Crippen LogP contribution in [0.1, 0.15) is 39.1 Å². The van der Waals surface area contributed by atoms with Crippen LogP contribution in [0.2, 0.25) is 0 Å². The van der Waals surface area contributed by atoms with Gasteiger partial charge in [-0.05, 0) is 29.9 Å². The average Bonchev–Trinajstić information content (AvgIpc) is 3.55. The third kappa shape index (κ3) is 7.20. The van der Waals surface area contributed by atoms with Crippen LogP contribution in [-0.2, 0) is 41.7 Å². The Hall–Kier alpha value is -3.09. The zero-order valence-electron chi connectivity index (χ0n) is 18.1. The maximum Gasteiger partial charge on any atom is 0.230 e. The Morgan fingerprint density at radius 1 is 0.853 bits per heavy atom. The van der Waals surface area contributed by atoms with Gasteiger partial charge in [0.25, 0.3) is 0 Å². The van der Waals surface area contributed by atoms with Crippen LogP contribution in [0.15, 0.2) is 35.7 Å². The summed E-state index contributed by atoms with van der Waals surface area (Å²) in [5.41, 5.74) is 1.36. The molecule has 12 heteroatoms. The highest BCUT2D eigenvalue weighted by molar-refractivity contribution is 7.15. The van der Waals surface area contributed by atoms with Crippen LogP contribution >= 0.6 is 34.2 Å². The van der Waals surface area contributed by atoms with Gasteiger partial charge in [0, 0.05) is 12.8 Å². The fourth-order valence-electron chi connectivity index (χ4n) is 3.16. The Kier molecular flexibility index (Phi) is 8.39. The molecule has 0 aliphatic carbocycles. The first kappa shape index (κ1) is 24.0. The summed E-state index contributed by atoms with van der Waals surface area (Å²) in [4.78, 5) is 24.3. The molecule has 34 heavy (non-hydrogen) atoms. The van der Waals surface area contributed by atoms with Gasteiger partial charge >= 0.3 is 0 Å². The number of hydrogen-bond donors (Lipinski definition) is 2. The molecule has 4 aromatic rings. The monoisotopic (exact) mass is 514 g/mol. The van der Waals surface area contributed by atoms with E-state index in [2.05, 4.69) is 30.1 Å². The molecular formula is C22H22N6O3S3. The summed E-state index contributed by atoms with van der Waals surface area (Å²) >= 11 is 3.96. The smallest absolute Gasteiger partial charge is 0.230 e. The molecule has 0 saturated carbocycles. The van der Waals surface area contributed by atoms with Crippen LogP contribution in [0, 0.1) is 0 Å². The van der Waals surface area contributed by atoms with Crippen molar-refractivity contribution in [2.75, 3.05) is 5.32 Å². The molecule has 4 rings (SSSR count). The van der Waals surface area contributed by atoms with Crippen LogP contribution in [0.4, 0.5) is 5.13 Å². The van der Waals surface area contributed by atoms with Crippen molar-refractivity contribution in [1.29, 1.82) is 0 Å². The maximum atomic E-state index is 12.2. The van der Waals surface area contributed by atoms with Crippen molar-refractivity contribution in [3.8, 4) is 5.75 Å². The van der Waals surface area contributed by atoms with Crippen molar-refractivity contribution >= 4 is 51.0 Å². The fourth-order valence-corrected chi connectivity index (χ4v) is 5.45. The van der Waals surface area contributed by atoms with Crippen LogP contribution in [-0.4, -0.2) is 41.6 Å². The highest BCUT2D eigenvalue weighted by Gasteiger charge is 2.14. The minimum absolute atomic E-state index is 0.0492. The van der Waals surface area contributed by atoms with E-state index in [0.29, 0.717) is 22.3 Å². The zero-order valence-corrected chi connectivity index (χ0v) is 20.6. The zero-order chi connectivity index (χ0) is 23.8. The number of aromatic hydroxyl groups is 1. The molecule has 0 radical (unpaired) electrons. The Labute approximate surface area is 208 Å². The van der Waals surface area contributed by atoms with Crippen molar-refractivity contribution in [2.45, 2.75) is 44.9 Å². The van der Waals surface area contributed by atoms with Gasteiger partial charge in [-0.25, -0.2) is 0 Å². The van der Waals surface area contributed by atoms with Gasteiger partial charge in [-0.3, -0.25) is 9.59 Å². The van der Waals surface area contributed by atoms with Gasteiger partial charge in [-0.1, -0.05) is 41.7 Å². The van der Waals surface area contributed by atoms with E-state index in [0.717, 1.165) is 52.8 Å². The molecule has 1 amide bonds.